The molecule has 3 aromatic carbocycles. The summed E-state index contributed by atoms with van der Waals surface area (Å²) < 4.78 is 59.9. The number of rotatable bonds is 8. The normalized spacial score (nSPS) is 12.0. The average Bonchev–Trinajstić information content (AvgIpc) is 3.16. The first-order chi connectivity index (χ1) is 15.3. The summed E-state index contributed by atoms with van der Waals surface area (Å²) in [6.45, 7) is -3.49. The van der Waals surface area contributed by atoms with Crippen LogP contribution in [0.2, 0.25) is 0 Å². The summed E-state index contributed by atoms with van der Waals surface area (Å²) in [5.74, 6) is -0.828. The lowest BCUT2D eigenvalue weighted by Gasteiger charge is -2.09. The van der Waals surface area contributed by atoms with Gasteiger partial charge in [-0.3, -0.25) is 9.36 Å². The molecule has 1 heterocycles. The number of carbonyl (C=O) groups excluding carboxylic acids is 1. The van der Waals surface area contributed by atoms with Crippen LogP contribution in [0.25, 0.3) is 21.8 Å². The number of ether oxygens (including phenoxy) is 1. The molecule has 166 valence electrons. The number of nitrogens with zero attached hydrogens (tertiary/aromatic N) is 2. The van der Waals surface area contributed by atoms with Crippen LogP contribution in [0.4, 0.5) is 8.78 Å². The molecular formula is C22H19F2N3O4S. The maximum atomic E-state index is 13.4. The predicted octanol–water partition coefficient (Wildman–Crippen LogP) is 4.00. The van der Waals surface area contributed by atoms with E-state index in [0.717, 1.165) is 10.8 Å². The van der Waals surface area contributed by atoms with Crippen LogP contribution in [0.3, 0.4) is 0 Å². The summed E-state index contributed by atoms with van der Waals surface area (Å²) in [5.41, 5.74) is 0.596. The Morgan fingerprint density at radius 3 is 2.53 bits per heavy atom. The first kappa shape index (κ1) is 21.8. The van der Waals surface area contributed by atoms with Gasteiger partial charge in [-0.1, -0.05) is 42.5 Å². The standard InChI is InChI=1S/C22H19F2N3O4S/c23-22(24)27-19-8-4-3-7-18(19)26-20(27)14-31-21(28)11-12-25-32(29,30)17-10-9-15-5-1-2-6-16(15)13-17/h1-10,13,22,25H,11-12,14H2. The van der Waals surface area contributed by atoms with Crippen molar-refractivity contribution in [1.82, 2.24) is 14.3 Å². The number of aromatic nitrogens is 2. The van der Waals surface area contributed by atoms with E-state index in [1.807, 2.05) is 18.2 Å². The maximum absolute atomic E-state index is 13.4. The lowest BCUT2D eigenvalue weighted by molar-refractivity contribution is -0.145. The molecular weight excluding hydrogens is 440 g/mol. The Morgan fingerprint density at radius 2 is 1.75 bits per heavy atom. The zero-order valence-electron chi connectivity index (χ0n) is 16.7. The number of hydrogen-bond acceptors (Lipinski definition) is 5. The summed E-state index contributed by atoms with van der Waals surface area (Å²) in [6.07, 6.45) is -0.262. The molecule has 0 aliphatic rings. The van der Waals surface area contributed by atoms with Crippen LogP contribution in [0, 0.1) is 0 Å². The van der Waals surface area contributed by atoms with Gasteiger partial charge in [-0.15, -0.1) is 0 Å². The molecule has 0 unspecified atom stereocenters. The Bertz CT molecular complexity index is 1390. The molecule has 0 atom stereocenters. The Kier molecular flexibility index (Phi) is 6.15. The average molecular weight is 459 g/mol. The fraction of sp³-hybridized carbons (Fsp3) is 0.182. The second-order valence-electron chi connectivity index (χ2n) is 6.98. The minimum Gasteiger partial charge on any atom is -0.457 e. The zero-order chi connectivity index (χ0) is 22.7. The molecule has 1 N–H and O–H groups in total. The number of esters is 1. The van der Waals surface area contributed by atoms with Gasteiger partial charge in [0.15, 0.2) is 5.82 Å². The minimum atomic E-state index is -3.82. The van der Waals surface area contributed by atoms with Crippen molar-refractivity contribution >= 4 is 37.8 Å². The molecule has 0 radical (unpaired) electrons. The molecule has 4 rings (SSSR count). The minimum absolute atomic E-state index is 0.0789. The summed E-state index contributed by atoms with van der Waals surface area (Å²) in [4.78, 5) is 16.2. The molecule has 0 fully saturated rings. The third kappa shape index (κ3) is 4.61. The van der Waals surface area contributed by atoms with Gasteiger partial charge in [-0.25, -0.2) is 18.1 Å². The Balaban J connectivity index is 1.35. The molecule has 10 heteroatoms. The number of alkyl halides is 2. The first-order valence-electron chi connectivity index (χ1n) is 9.73. The third-order valence-corrected chi connectivity index (χ3v) is 6.34. The van der Waals surface area contributed by atoms with E-state index in [9.17, 15) is 22.0 Å². The van der Waals surface area contributed by atoms with Gasteiger partial charge in [-0.2, -0.15) is 8.78 Å². The van der Waals surface area contributed by atoms with Gasteiger partial charge in [0.25, 0.3) is 0 Å². The quantitative estimate of drug-likeness (QED) is 0.402. The van der Waals surface area contributed by atoms with Crippen molar-refractivity contribution in [3.8, 4) is 0 Å². The van der Waals surface area contributed by atoms with Crippen LogP contribution in [-0.2, 0) is 26.2 Å². The highest BCUT2D eigenvalue weighted by Crippen LogP contribution is 2.23. The van der Waals surface area contributed by atoms with Crippen molar-refractivity contribution in [3.63, 3.8) is 0 Å². The second kappa shape index (κ2) is 9.01. The molecule has 1 aromatic heterocycles. The molecule has 0 aliphatic heterocycles. The molecule has 0 amide bonds. The van der Waals surface area contributed by atoms with E-state index in [4.69, 9.17) is 4.74 Å². The van der Waals surface area contributed by atoms with Crippen molar-refractivity contribution in [3.05, 3.63) is 72.6 Å². The van der Waals surface area contributed by atoms with Gasteiger partial charge in [0.05, 0.1) is 22.3 Å². The van der Waals surface area contributed by atoms with Gasteiger partial charge < -0.3 is 4.74 Å². The number of imidazole rings is 1. The van der Waals surface area contributed by atoms with Gasteiger partial charge in [0.1, 0.15) is 6.61 Å². The van der Waals surface area contributed by atoms with Crippen LogP contribution in [0.5, 0.6) is 0 Å². The Hall–Kier alpha value is -3.37. The van der Waals surface area contributed by atoms with Crippen molar-refractivity contribution in [2.24, 2.45) is 0 Å². The van der Waals surface area contributed by atoms with E-state index in [1.165, 1.54) is 12.1 Å². The van der Waals surface area contributed by atoms with Gasteiger partial charge >= 0.3 is 12.5 Å². The number of halogens is 2. The Morgan fingerprint density at radius 1 is 1.03 bits per heavy atom. The number of benzene rings is 3. The van der Waals surface area contributed by atoms with E-state index in [2.05, 4.69) is 9.71 Å². The number of fused-ring (bicyclic) bond motifs is 2. The number of carbonyl (C=O) groups is 1. The molecule has 32 heavy (non-hydrogen) atoms. The van der Waals surface area contributed by atoms with E-state index in [1.54, 1.807) is 36.4 Å². The summed E-state index contributed by atoms with van der Waals surface area (Å²) in [5, 5.41) is 1.68. The largest absolute Gasteiger partial charge is 0.457 e. The fourth-order valence-electron chi connectivity index (χ4n) is 3.34. The summed E-state index contributed by atoms with van der Waals surface area (Å²) in [7, 11) is -3.82. The monoisotopic (exact) mass is 459 g/mol. The van der Waals surface area contributed by atoms with Gasteiger partial charge in [0, 0.05) is 6.54 Å². The van der Waals surface area contributed by atoms with Crippen molar-refractivity contribution in [2.45, 2.75) is 24.5 Å². The molecule has 0 spiro atoms. The highest BCUT2D eigenvalue weighted by atomic mass is 32.2. The lowest BCUT2D eigenvalue weighted by Crippen LogP contribution is -2.26. The van der Waals surface area contributed by atoms with Crippen LogP contribution in [-0.4, -0.2) is 30.5 Å². The van der Waals surface area contributed by atoms with Gasteiger partial charge in [0.2, 0.25) is 10.0 Å². The van der Waals surface area contributed by atoms with E-state index in [-0.39, 0.29) is 29.2 Å². The highest BCUT2D eigenvalue weighted by Gasteiger charge is 2.19. The maximum Gasteiger partial charge on any atom is 0.320 e. The van der Waals surface area contributed by atoms with Crippen LogP contribution in [0.1, 0.15) is 18.8 Å². The molecule has 0 saturated carbocycles. The fourth-order valence-corrected chi connectivity index (χ4v) is 4.40. The summed E-state index contributed by atoms with van der Waals surface area (Å²) >= 11 is 0. The van der Waals surface area contributed by atoms with Crippen molar-refractivity contribution in [2.75, 3.05) is 6.54 Å². The van der Waals surface area contributed by atoms with E-state index in [0.29, 0.717) is 10.1 Å². The lowest BCUT2D eigenvalue weighted by atomic mass is 10.1. The first-order valence-corrected chi connectivity index (χ1v) is 11.2. The van der Waals surface area contributed by atoms with Crippen LogP contribution in [0.15, 0.2) is 71.6 Å². The molecule has 4 aromatic rings. The second-order valence-corrected chi connectivity index (χ2v) is 8.75. The van der Waals surface area contributed by atoms with Crippen LogP contribution >= 0.6 is 0 Å². The van der Waals surface area contributed by atoms with Crippen LogP contribution < -0.4 is 4.72 Å². The molecule has 0 saturated heterocycles. The smallest absolute Gasteiger partial charge is 0.320 e. The van der Waals surface area contributed by atoms with E-state index >= 15 is 0 Å². The highest BCUT2D eigenvalue weighted by molar-refractivity contribution is 7.89. The number of hydrogen-bond donors (Lipinski definition) is 1. The van der Waals surface area contributed by atoms with E-state index < -0.39 is 29.1 Å². The number of nitrogens with one attached hydrogen (secondary N) is 1. The van der Waals surface area contributed by atoms with Crippen molar-refractivity contribution in [1.29, 1.82) is 0 Å². The zero-order valence-corrected chi connectivity index (χ0v) is 17.6. The third-order valence-electron chi connectivity index (χ3n) is 4.88. The topological polar surface area (TPSA) is 90.3 Å². The summed E-state index contributed by atoms with van der Waals surface area (Å²) in [6, 6.07) is 18.4. The molecule has 7 nitrogen and oxygen atoms in total. The SMILES string of the molecule is O=C(CCNS(=O)(=O)c1ccc2ccccc2c1)OCc1nc2ccccc2n1C(F)F. The van der Waals surface area contributed by atoms with Crippen molar-refractivity contribution < 1.29 is 26.7 Å². The predicted molar refractivity (Wildman–Crippen MR) is 115 cm³/mol. The Labute approximate surface area is 182 Å². The molecule has 0 aliphatic carbocycles. The number of para-hydroxylation sites is 2. The number of sulfonamides is 1. The molecule has 0 bridgehead atoms. The van der Waals surface area contributed by atoms with Gasteiger partial charge in [-0.05, 0) is 35.0 Å².